The van der Waals surface area contributed by atoms with Gasteiger partial charge in [-0.05, 0) is 26.2 Å². The zero-order chi connectivity index (χ0) is 14.4. The molecule has 0 amide bonds. The number of H-pyrrole nitrogens is 1. The lowest BCUT2D eigenvalue weighted by atomic mass is 10.2. The second kappa shape index (κ2) is 7.04. The van der Waals surface area contributed by atoms with Gasteiger partial charge >= 0.3 is 0 Å². The van der Waals surface area contributed by atoms with Crippen LogP contribution in [0.2, 0.25) is 0 Å². The van der Waals surface area contributed by atoms with Crippen LogP contribution in [-0.4, -0.2) is 44.2 Å². The van der Waals surface area contributed by atoms with Crippen molar-refractivity contribution in [2.24, 2.45) is 0 Å². The molecule has 110 valence electrons. The van der Waals surface area contributed by atoms with Crippen molar-refractivity contribution in [2.75, 3.05) is 23.8 Å². The lowest BCUT2D eigenvalue weighted by molar-refractivity contribution is 0.282. The molecular formula is C13H22N6O. The summed E-state index contributed by atoms with van der Waals surface area (Å²) in [5, 5.41) is 15.4. The first kappa shape index (κ1) is 14.5. The van der Waals surface area contributed by atoms with Gasteiger partial charge in [-0.2, -0.15) is 9.97 Å². The Balaban J connectivity index is 2.18. The van der Waals surface area contributed by atoms with Gasteiger partial charge < -0.3 is 20.7 Å². The third-order valence-corrected chi connectivity index (χ3v) is 3.00. The number of fused-ring (bicyclic) bond motifs is 1. The van der Waals surface area contributed by atoms with Crippen LogP contribution in [0.1, 0.15) is 33.1 Å². The fraction of sp³-hybridized carbons (Fsp3) is 0.615. The van der Waals surface area contributed by atoms with Gasteiger partial charge in [-0.25, -0.2) is 4.98 Å². The number of imidazole rings is 1. The summed E-state index contributed by atoms with van der Waals surface area (Å²) >= 11 is 0. The number of aromatic amines is 1. The number of nitrogens with zero attached hydrogens (tertiary/aromatic N) is 3. The van der Waals surface area contributed by atoms with E-state index < -0.39 is 0 Å². The molecule has 2 aromatic heterocycles. The number of nitrogens with one attached hydrogen (secondary N) is 3. The Kier molecular flexibility index (Phi) is 5.11. The smallest absolute Gasteiger partial charge is 0.226 e. The van der Waals surface area contributed by atoms with Crippen molar-refractivity contribution in [3.63, 3.8) is 0 Å². The van der Waals surface area contributed by atoms with Crippen molar-refractivity contribution in [1.82, 2.24) is 19.9 Å². The van der Waals surface area contributed by atoms with Crippen LogP contribution in [0.3, 0.4) is 0 Å². The number of hydrogen-bond donors (Lipinski definition) is 4. The third kappa shape index (κ3) is 3.57. The normalized spacial score (nSPS) is 12.6. The molecule has 0 aliphatic heterocycles. The Morgan fingerprint density at radius 2 is 2.25 bits per heavy atom. The predicted octanol–water partition coefficient (Wildman–Crippen LogP) is 1.75. The van der Waals surface area contributed by atoms with E-state index in [1.54, 1.807) is 6.33 Å². The van der Waals surface area contributed by atoms with Crippen LogP contribution in [0.5, 0.6) is 0 Å². The van der Waals surface area contributed by atoms with Gasteiger partial charge in [0.05, 0.1) is 6.33 Å². The topological polar surface area (TPSA) is 98.8 Å². The fourth-order valence-electron chi connectivity index (χ4n) is 1.96. The molecule has 7 heteroatoms. The lowest BCUT2D eigenvalue weighted by Gasteiger charge is -2.15. The molecule has 1 atom stereocenters. The Bertz CT molecular complexity index is 541. The van der Waals surface area contributed by atoms with E-state index in [9.17, 15) is 0 Å². The molecule has 4 N–H and O–H groups in total. The highest BCUT2D eigenvalue weighted by molar-refractivity contribution is 5.83. The quantitative estimate of drug-likeness (QED) is 0.587. The fourth-order valence-corrected chi connectivity index (χ4v) is 1.96. The van der Waals surface area contributed by atoms with Crippen LogP contribution in [0, 0.1) is 0 Å². The Labute approximate surface area is 118 Å². The molecule has 0 saturated heterocycles. The van der Waals surface area contributed by atoms with Crippen LogP contribution in [0.25, 0.3) is 11.2 Å². The Morgan fingerprint density at radius 3 is 3.00 bits per heavy atom. The minimum atomic E-state index is 0.207. The Hall–Kier alpha value is -1.89. The number of aliphatic hydroxyl groups excluding tert-OH is 1. The molecule has 0 spiro atoms. The summed E-state index contributed by atoms with van der Waals surface area (Å²) in [5.41, 5.74) is 1.46. The van der Waals surface area contributed by atoms with Gasteiger partial charge in [0, 0.05) is 19.2 Å². The largest absolute Gasteiger partial charge is 0.396 e. The predicted molar refractivity (Wildman–Crippen MR) is 79.9 cm³/mol. The van der Waals surface area contributed by atoms with Gasteiger partial charge in [-0.3, -0.25) is 0 Å². The summed E-state index contributed by atoms with van der Waals surface area (Å²) < 4.78 is 0. The molecule has 0 aromatic carbocycles. The first-order chi connectivity index (χ1) is 9.74. The minimum absolute atomic E-state index is 0.207. The molecule has 20 heavy (non-hydrogen) atoms. The number of hydrogen-bond acceptors (Lipinski definition) is 6. The van der Waals surface area contributed by atoms with E-state index in [0.29, 0.717) is 11.6 Å². The molecule has 2 heterocycles. The summed E-state index contributed by atoms with van der Waals surface area (Å²) in [6.45, 7) is 5.20. The van der Waals surface area contributed by atoms with Crippen LogP contribution in [0.4, 0.5) is 11.8 Å². The van der Waals surface area contributed by atoms with Gasteiger partial charge in [0.25, 0.3) is 0 Å². The van der Waals surface area contributed by atoms with Crippen molar-refractivity contribution in [3.8, 4) is 0 Å². The highest BCUT2D eigenvalue weighted by Gasteiger charge is 2.11. The van der Waals surface area contributed by atoms with E-state index in [0.717, 1.165) is 37.1 Å². The highest BCUT2D eigenvalue weighted by Crippen LogP contribution is 2.20. The van der Waals surface area contributed by atoms with Crippen LogP contribution in [0.15, 0.2) is 6.33 Å². The van der Waals surface area contributed by atoms with E-state index in [2.05, 4.69) is 44.4 Å². The van der Waals surface area contributed by atoms with Crippen LogP contribution >= 0.6 is 0 Å². The SMILES string of the molecule is CCCNc1nc(NC(C)CCCO)c2[nH]cnc2n1. The average Bonchev–Trinajstić information content (AvgIpc) is 2.91. The number of aliphatic hydroxyl groups is 1. The van der Waals surface area contributed by atoms with Crippen molar-refractivity contribution in [3.05, 3.63) is 6.33 Å². The van der Waals surface area contributed by atoms with E-state index >= 15 is 0 Å². The Morgan fingerprint density at radius 1 is 1.40 bits per heavy atom. The molecule has 0 aliphatic rings. The van der Waals surface area contributed by atoms with Crippen molar-refractivity contribution in [1.29, 1.82) is 0 Å². The highest BCUT2D eigenvalue weighted by atomic mass is 16.2. The second-order valence-corrected chi connectivity index (χ2v) is 4.83. The first-order valence-corrected chi connectivity index (χ1v) is 7.07. The number of rotatable bonds is 8. The van der Waals surface area contributed by atoms with Gasteiger partial charge in [-0.1, -0.05) is 6.92 Å². The maximum atomic E-state index is 8.88. The molecule has 2 rings (SSSR count). The van der Waals surface area contributed by atoms with Crippen molar-refractivity contribution in [2.45, 2.75) is 39.2 Å². The minimum Gasteiger partial charge on any atom is -0.396 e. The number of anilines is 2. The third-order valence-electron chi connectivity index (χ3n) is 3.00. The maximum Gasteiger partial charge on any atom is 0.226 e. The van der Waals surface area contributed by atoms with Crippen molar-refractivity contribution >= 4 is 22.9 Å². The molecule has 0 aliphatic carbocycles. The molecule has 7 nitrogen and oxygen atoms in total. The monoisotopic (exact) mass is 278 g/mol. The van der Waals surface area contributed by atoms with Crippen LogP contribution in [-0.2, 0) is 0 Å². The molecule has 0 radical (unpaired) electrons. The molecule has 0 bridgehead atoms. The van der Waals surface area contributed by atoms with Gasteiger partial charge in [-0.15, -0.1) is 0 Å². The van der Waals surface area contributed by atoms with Gasteiger partial charge in [0.2, 0.25) is 5.95 Å². The van der Waals surface area contributed by atoms with E-state index in [1.165, 1.54) is 0 Å². The lowest BCUT2D eigenvalue weighted by Crippen LogP contribution is -2.17. The molecule has 2 aromatic rings. The zero-order valence-corrected chi connectivity index (χ0v) is 12.0. The second-order valence-electron chi connectivity index (χ2n) is 4.83. The number of aromatic nitrogens is 4. The summed E-state index contributed by atoms with van der Waals surface area (Å²) in [6, 6.07) is 0.225. The molecule has 0 fully saturated rings. The summed E-state index contributed by atoms with van der Waals surface area (Å²) in [5.74, 6) is 1.33. The molecular weight excluding hydrogens is 256 g/mol. The summed E-state index contributed by atoms with van der Waals surface area (Å²) in [4.78, 5) is 16.1. The first-order valence-electron chi connectivity index (χ1n) is 7.07. The summed E-state index contributed by atoms with van der Waals surface area (Å²) in [6.07, 6.45) is 4.28. The standard InChI is InChI=1S/C13H22N6O/c1-3-6-14-13-18-11-10(15-8-16-11)12(19-13)17-9(2)5-4-7-20/h8-9,20H,3-7H2,1-2H3,(H3,14,15,16,17,18,19). The van der Waals surface area contributed by atoms with Gasteiger partial charge in [0.1, 0.15) is 5.52 Å². The molecule has 1 unspecified atom stereocenters. The van der Waals surface area contributed by atoms with Crippen LogP contribution < -0.4 is 10.6 Å². The summed E-state index contributed by atoms with van der Waals surface area (Å²) in [7, 11) is 0. The van der Waals surface area contributed by atoms with Crippen molar-refractivity contribution < 1.29 is 5.11 Å². The zero-order valence-electron chi connectivity index (χ0n) is 12.0. The maximum absolute atomic E-state index is 8.88. The van der Waals surface area contributed by atoms with E-state index in [4.69, 9.17) is 5.11 Å². The van der Waals surface area contributed by atoms with E-state index in [1.807, 2.05) is 0 Å². The molecule has 0 saturated carbocycles. The van der Waals surface area contributed by atoms with Gasteiger partial charge in [0.15, 0.2) is 11.5 Å². The van der Waals surface area contributed by atoms with E-state index in [-0.39, 0.29) is 12.6 Å². The average molecular weight is 278 g/mol.